The topological polar surface area (TPSA) is 41.1 Å². The van der Waals surface area contributed by atoms with Crippen molar-refractivity contribution >= 4 is 29.3 Å². The van der Waals surface area contributed by atoms with Crippen molar-refractivity contribution in [1.82, 2.24) is 10.6 Å². The Labute approximate surface area is 129 Å². The zero-order chi connectivity index (χ0) is 14.4. The monoisotopic (exact) mass is 312 g/mol. The van der Waals surface area contributed by atoms with Crippen LogP contribution in [0.3, 0.4) is 0 Å². The second kappa shape index (κ2) is 7.91. The van der Waals surface area contributed by atoms with Gasteiger partial charge in [0.05, 0.1) is 5.75 Å². The first-order chi connectivity index (χ1) is 9.65. The molecule has 1 aromatic carbocycles. The highest BCUT2D eigenvalue weighted by Gasteiger charge is 2.22. The number of amides is 1. The zero-order valence-electron chi connectivity index (χ0n) is 11.7. The number of hydrogen-bond donors (Lipinski definition) is 2. The smallest absolute Gasteiger partial charge is 0.230 e. The van der Waals surface area contributed by atoms with Gasteiger partial charge in [-0.15, -0.1) is 11.8 Å². The van der Waals surface area contributed by atoms with Crippen molar-refractivity contribution in [1.29, 1.82) is 0 Å². The summed E-state index contributed by atoms with van der Waals surface area (Å²) in [7, 11) is 0. The highest BCUT2D eigenvalue weighted by Crippen LogP contribution is 2.16. The lowest BCUT2D eigenvalue weighted by Crippen LogP contribution is -2.50. The molecule has 1 saturated heterocycles. The number of rotatable bonds is 5. The van der Waals surface area contributed by atoms with Crippen LogP contribution in [0.25, 0.3) is 0 Å². The lowest BCUT2D eigenvalue weighted by molar-refractivity contribution is -0.119. The maximum atomic E-state index is 11.9. The predicted molar refractivity (Wildman–Crippen MR) is 86.2 cm³/mol. The van der Waals surface area contributed by atoms with Gasteiger partial charge in [0, 0.05) is 23.4 Å². The van der Waals surface area contributed by atoms with Crippen LogP contribution in [0.15, 0.2) is 24.3 Å². The van der Waals surface area contributed by atoms with E-state index in [1.165, 1.54) is 5.56 Å². The van der Waals surface area contributed by atoms with Gasteiger partial charge in [0.1, 0.15) is 0 Å². The van der Waals surface area contributed by atoms with Gasteiger partial charge in [-0.2, -0.15) is 0 Å². The number of benzene rings is 1. The normalized spacial score (nSPS) is 22.5. The molecular formula is C15H21ClN2OS. The van der Waals surface area contributed by atoms with Crippen LogP contribution in [0.2, 0.25) is 5.02 Å². The van der Waals surface area contributed by atoms with E-state index >= 15 is 0 Å². The van der Waals surface area contributed by atoms with Gasteiger partial charge < -0.3 is 10.6 Å². The molecule has 1 amide bonds. The molecule has 110 valence electrons. The van der Waals surface area contributed by atoms with E-state index in [-0.39, 0.29) is 11.9 Å². The number of thioether (sulfide) groups is 1. The summed E-state index contributed by atoms with van der Waals surface area (Å²) < 4.78 is 0. The molecule has 1 heterocycles. The first-order valence-electron chi connectivity index (χ1n) is 6.97. The van der Waals surface area contributed by atoms with Gasteiger partial charge in [0.15, 0.2) is 0 Å². The van der Waals surface area contributed by atoms with Crippen LogP contribution in [0.5, 0.6) is 0 Å². The molecule has 1 aromatic rings. The molecule has 2 rings (SSSR count). The van der Waals surface area contributed by atoms with E-state index in [4.69, 9.17) is 11.6 Å². The predicted octanol–water partition coefficient (Wildman–Crippen LogP) is 2.69. The summed E-state index contributed by atoms with van der Waals surface area (Å²) in [5.41, 5.74) is 1.19. The van der Waals surface area contributed by atoms with E-state index in [2.05, 4.69) is 17.6 Å². The second-order valence-corrected chi connectivity index (χ2v) is 6.69. The molecule has 0 aromatic heterocycles. The Morgan fingerprint density at radius 1 is 1.45 bits per heavy atom. The van der Waals surface area contributed by atoms with Gasteiger partial charge in [0.2, 0.25) is 5.91 Å². The average molecular weight is 313 g/mol. The fourth-order valence-electron chi connectivity index (χ4n) is 2.27. The van der Waals surface area contributed by atoms with Crippen LogP contribution in [-0.2, 0) is 10.5 Å². The first kappa shape index (κ1) is 15.7. The van der Waals surface area contributed by atoms with Gasteiger partial charge in [-0.3, -0.25) is 4.79 Å². The largest absolute Gasteiger partial charge is 0.351 e. The Kier molecular flexibility index (Phi) is 6.20. The molecule has 0 spiro atoms. The Hall–Kier alpha value is -0.710. The summed E-state index contributed by atoms with van der Waals surface area (Å²) in [6.45, 7) is 4.14. The number of carbonyl (C=O) groups excluding carboxylic acids is 1. The molecule has 2 atom stereocenters. The molecule has 0 aliphatic carbocycles. The summed E-state index contributed by atoms with van der Waals surface area (Å²) >= 11 is 7.48. The van der Waals surface area contributed by atoms with Crippen molar-refractivity contribution in [3.8, 4) is 0 Å². The van der Waals surface area contributed by atoms with E-state index < -0.39 is 0 Å². The first-order valence-corrected chi connectivity index (χ1v) is 8.50. The average Bonchev–Trinajstić information content (AvgIpc) is 2.44. The van der Waals surface area contributed by atoms with Crippen LogP contribution in [0, 0.1) is 5.92 Å². The SMILES string of the molecule is CC1CCNCC1NC(=O)CSCc1ccc(Cl)cc1. The molecule has 2 unspecified atom stereocenters. The fraction of sp³-hybridized carbons (Fsp3) is 0.533. The van der Waals surface area contributed by atoms with Crippen molar-refractivity contribution in [3.63, 3.8) is 0 Å². The quantitative estimate of drug-likeness (QED) is 0.878. The minimum atomic E-state index is 0.129. The highest BCUT2D eigenvalue weighted by atomic mass is 35.5. The number of halogens is 1. The van der Waals surface area contributed by atoms with Gasteiger partial charge >= 0.3 is 0 Å². The molecule has 0 radical (unpaired) electrons. The minimum absolute atomic E-state index is 0.129. The van der Waals surface area contributed by atoms with Crippen molar-refractivity contribution in [2.24, 2.45) is 5.92 Å². The van der Waals surface area contributed by atoms with Crippen LogP contribution >= 0.6 is 23.4 Å². The number of hydrogen-bond acceptors (Lipinski definition) is 3. The lowest BCUT2D eigenvalue weighted by Gasteiger charge is -2.30. The molecule has 1 aliphatic heterocycles. The molecular weight excluding hydrogens is 292 g/mol. The van der Waals surface area contributed by atoms with E-state index in [0.29, 0.717) is 11.7 Å². The maximum absolute atomic E-state index is 11.9. The Morgan fingerprint density at radius 2 is 2.20 bits per heavy atom. The lowest BCUT2D eigenvalue weighted by atomic mass is 9.95. The van der Waals surface area contributed by atoms with Crippen molar-refractivity contribution < 1.29 is 4.79 Å². The number of piperidine rings is 1. The Balaban J connectivity index is 1.68. The Bertz CT molecular complexity index is 438. The van der Waals surface area contributed by atoms with Gasteiger partial charge in [-0.05, 0) is 36.6 Å². The van der Waals surface area contributed by atoms with Gasteiger partial charge in [-0.1, -0.05) is 30.7 Å². The van der Waals surface area contributed by atoms with Crippen LogP contribution < -0.4 is 10.6 Å². The molecule has 1 fully saturated rings. The van der Waals surface area contributed by atoms with Gasteiger partial charge in [-0.25, -0.2) is 0 Å². The molecule has 0 saturated carbocycles. The molecule has 1 aliphatic rings. The highest BCUT2D eigenvalue weighted by molar-refractivity contribution is 7.99. The van der Waals surface area contributed by atoms with Gasteiger partial charge in [0.25, 0.3) is 0 Å². The van der Waals surface area contributed by atoms with E-state index in [1.54, 1.807) is 11.8 Å². The fourth-order valence-corrected chi connectivity index (χ4v) is 3.20. The summed E-state index contributed by atoms with van der Waals surface area (Å²) in [5, 5.41) is 7.19. The van der Waals surface area contributed by atoms with Crippen molar-refractivity contribution in [3.05, 3.63) is 34.9 Å². The standard InChI is InChI=1S/C15H21ClN2OS/c1-11-6-7-17-8-14(11)18-15(19)10-20-9-12-2-4-13(16)5-3-12/h2-5,11,14,17H,6-10H2,1H3,(H,18,19). The summed E-state index contributed by atoms with van der Waals surface area (Å²) in [5.74, 6) is 2.03. The number of carbonyl (C=O) groups is 1. The zero-order valence-corrected chi connectivity index (χ0v) is 13.3. The van der Waals surface area contributed by atoms with Crippen LogP contribution in [-0.4, -0.2) is 30.8 Å². The van der Waals surface area contributed by atoms with Crippen molar-refractivity contribution in [2.45, 2.75) is 25.1 Å². The van der Waals surface area contributed by atoms with Crippen LogP contribution in [0.4, 0.5) is 0 Å². The van der Waals surface area contributed by atoms with E-state index in [9.17, 15) is 4.79 Å². The van der Waals surface area contributed by atoms with Crippen molar-refractivity contribution in [2.75, 3.05) is 18.8 Å². The second-order valence-electron chi connectivity index (χ2n) is 5.26. The third-order valence-electron chi connectivity index (χ3n) is 3.59. The Morgan fingerprint density at radius 3 is 2.90 bits per heavy atom. The number of nitrogens with one attached hydrogen (secondary N) is 2. The summed E-state index contributed by atoms with van der Waals surface area (Å²) in [6, 6.07) is 8.04. The molecule has 2 N–H and O–H groups in total. The van der Waals surface area contributed by atoms with E-state index in [1.807, 2.05) is 24.3 Å². The van der Waals surface area contributed by atoms with Crippen LogP contribution in [0.1, 0.15) is 18.9 Å². The maximum Gasteiger partial charge on any atom is 0.230 e. The molecule has 20 heavy (non-hydrogen) atoms. The summed E-state index contributed by atoms with van der Waals surface area (Å²) in [4.78, 5) is 11.9. The third-order valence-corrected chi connectivity index (χ3v) is 4.84. The van der Waals surface area contributed by atoms with E-state index in [0.717, 1.165) is 30.3 Å². The molecule has 3 nitrogen and oxygen atoms in total. The molecule has 0 bridgehead atoms. The summed E-state index contributed by atoms with van der Waals surface area (Å²) in [6.07, 6.45) is 1.13. The molecule has 5 heteroatoms. The third kappa shape index (κ3) is 5.00. The minimum Gasteiger partial charge on any atom is -0.351 e.